The summed E-state index contributed by atoms with van der Waals surface area (Å²) in [6.07, 6.45) is 54.6. The predicted octanol–water partition coefficient (Wildman–Crippen LogP) is 27.2. The number of carbonyl (C=O) groups is 6. The van der Waals surface area contributed by atoms with E-state index in [1.54, 1.807) is 133 Å². The van der Waals surface area contributed by atoms with Crippen LogP contribution in [0.2, 0.25) is 0 Å². The molecular weight excluding hydrogens is 1430 g/mol. The van der Waals surface area contributed by atoms with E-state index in [1.807, 2.05) is 12.1 Å². The summed E-state index contributed by atoms with van der Waals surface area (Å²) in [6.45, 7) is 16.9. The van der Waals surface area contributed by atoms with Crippen molar-refractivity contribution in [1.82, 2.24) is 0 Å². The number of ether oxygens (including phenoxy) is 5. The topological polar surface area (TPSA) is 270 Å². The van der Waals surface area contributed by atoms with Gasteiger partial charge in [0, 0.05) is 0 Å². The number of carboxylic acid groups (broad SMARTS) is 6. The molecule has 0 spiro atoms. The quantitative estimate of drug-likeness (QED) is 0.0194. The number of benzene rings is 6. The molecule has 6 N–H and O–H groups in total. The Bertz CT molecular complexity index is 3260. The van der Waals surface area contributed by atoms with Crippen LogP contribution in [0.5, 0.6) is 28.7 Å². The molecule has 0 saturated heterocycles. The second kappa shape index (κ2) is 72.1. The molecule has 0 aliphatic carbocycles. The van der Waals surface area contributed by atoms with Gasteiger partial charge in [-0.05, 0) is 184 Å². The van der Waals surface area contributed by atoms with Gasteiger partial charge in [0.1, 0.15) is 28.7 Å². The molecule has 0 amide bonds. The number of hydrogen-bond donors (Lipinski definition) is 6. The maximum absolute atomic E-state index is 10.7. The fourth-order valence-corrected chi connectivity index (χ4v) is 11.8. The first-order chi connectivity index (χ1) is 54.9. The van der Waals surface area contributed by atoms with E-state index in [2.05, 4.69) is 41.5 Å². The van der Waals surface area contributed by atoms with Gasteiger partial charge >= 0.3 is 35.8 Å². The number of aryl methyl sites for hydroxylation is 1. The molecule has 0 atom stereocenters. The monoisotopic (exact) mass is 1570 g/mol. The minimum Gasteiger partial charge on any atom is -0.494 e. The highest BCUT2D eigenvalue weighted by atomic mass is 16.5. The zero-order valence-electron chi connectivity index (χ0n) is 70.0. The molecule has 0 aliphatic heterocycles. The molecule has 0 heterocycles. The minimum atomic E-state index is -0.906. The summed E-state index contributed by atoms with van der Waals surface area (Å²) >= 11 is 0. The highest BCUT2D eigenvalue weighted by Crippen LogP contribution is 2.21. The van der Waals surface area contributed by atoms with Gasteiger partial charge in [-0.2, -0.15) is 0 Å². The fraction of sp³-hybridized carbons (Fsp3) is 0.562. The smallest absolute Gasteiger partial charge is 0.335 e. The fourth-order valence-electron chi connectivity index (χ4n) is 11.8. The van der Waals surface area contributed by atoms with E-state index < -0.39 is 35.8 Å². The number of carboxylic acids is 6. The van der Waals surface area contributed by atoms with Gasteiger partial charge in [-0.25, -0.2) is 28.8 Å². The van der Waals surface area contributed by atoms with Crippen molar-refractivity contribution in [2.75, 3.05) is 33.0 Å². The van der Waals surface area contributed by atoms with Crippen LogP contribution in [0, 0.1) is 0 Å². The molecular formula is C96H144O17. The van der Waals surface area contributed by atoms with Crippen LogP contribution in [0.1, 0.15) is 379 Å². The van der Waals surface area contributed by atoms with Gasteiger partial charge in [0.05, 0.1) is 66.4 Å². The molecule has 17 nitrogen and oxygen atoms in total. The highest BCUT2D eigenvalue weighted by Gasteiger charge is 2.09. The molecule has 0 saturated carbocycles. The predicted molar refractivity (Wildman–Crippen MR) is 460 cm³/mol. The van der Waals surface area contributed by atoms with Gasteiger partial charge in [0.2, 0.25) is 0 Å². The van der Waals surface area contributed by atoms with Crippen molar-refractivity contribution in [3.63, 3.8) is 0 Å². The van der Waals surface area contributed by atoms with E-state index in [0.29, 0.717) is 66.4 Å². The second-order valence-corrected chi connectivity index (χ2v) is 28.9. The Labute approximate surface area is 679 Å². The van der Waals surface area contributed by atoms with Crippen molar-refractivity contribution >= 4 is 35.8 Å². The summed E-state index contributed by atoms with van der Waals surface area (Å²) in [5.74, 6) is -1.64. The van der Waals surface area contributed by atoms with Crippen molar-refractivity contribution < 1.29 is 83.1 Å². The van der Waals surface area contributed by atoms with Crippen LogP contribution in [0.15, 0.2) is 146 Å². The van der Waals surface area contributed by atoms with Gasteiger partial charge in [-0.1, -0.05) is 285 Å². The maximum Gasteiger partial charge on any atom is 0.335 e. The Morgan fingerprint density at radius 3 is 0.469 bits per heavy atom. The minimum absolute atomic E-state index is 0.292. The number of aromatic carboxylic acids is 6. The molecule has 6 rings (SSSR count). The Hall–Kier alpha value is -8.86. The molecule has 0 radical (unpaired) electrons. The molecule has 113 heavy (non-hydrogen) atoms. The summed E-state index contributed by atoms with van der Waals surface area (Å²) in [5.41, 5.74) is 3.08. The summed E-state index contributed by atoms with van der Waals surface area (Å²) in [7, 11) is 0. The molecule has 0 aromatic heterocycles. The molecule has 17 heteroatoms. The van der Waals surface area contributed by atoms with Crippen molar-refractivity contribution in [3.05, 3.63) is 185 Å². The first kappa shape index (κ1) is 102. The summed E-state index contributed by atoms with van der Waals surface area (Å²) < 4.78 is 27.9. The van der Waals surface area contributed by atoms with Gasteiger partial charge in [0.25, 0.3) is 0 Å². The summed E-state index contributed by atoms with van der Waals surface area (Å²) in [5, 5.41) is 52.6. The molecule has 0 aliphatic rings. The standard InChI is InChI=1S/C19H30O3.C18H28O3.C16H24O3.C15H22O3.C14H20O3.C14H20O2/c1-2-3-4-5-6-7-8-9-10-11-16-22-18-14-12-17(13-15-18)19(20)21;1-2-3-4-5-6-7-8-9-10-15-21-17-13-11-16(12-14-17)18(19)20;1-2-3-4-5-6-7-8-13-19-15-11-9-14(10-12-15)16(17)18;1-2-3-4-5-6-7-12-18-14-10-8-13(9-11-14)15(16)17;1-2-3-4-5-6-11-17-13-9-7-12(8-10-13)14(15)16;1-2-3-4-5-6-7-12-8-10-13(11-9-12)14(15)16/h12-15H,2-11,16H2,1H3,(H,20,21);11-14H,2-10,15H2,1H3,(H,19,20);9-12H,2-8,13H2,1H3,(H,17,18);8-11H,2-7,12H2,1H3,(H,16,17);7-10H,2-6,11H2,1H3,(H,15,16);8-11H,2-7H2,1H3,(H,15,16). The van der Waals surface area contributed by atoms with Gasteiger partial charge < -0.3 is 54.3 Å². The number of rotatable bonds is 59. The van der Waals surface area contributed by atoms with E-state index in [0.717, 1.165) is 67.3 Å². The van der Waals surface area contributed by atoms with Crippen LogP contribution in [0.4, 0.5) is 0 Å². The van der Waals surface area contributed by atoms with Crippen molar-refractivity contribution in [3.8, 4) is 28.7 Å². The summed E-state index contributed by atoms with van der Waals surface area (Å²) in [6, 6.07) is 40.1. The van der Waals surface area contributed by atoms with Crippen molar-refractivity contribution in [2.45, 2.75) is 318 Å². The Balaban J connectivity index is 0.000000680. The Morgan fingerprint density at radius 1 is 0.186 bits per heavy atom. The van der Waals surface area contributed by atoms with E-state index in [1.165, 1.54) is 243 Å². The maximum atomic E-state index is 10.7. The molecule has 630 valence electrons. The molecule has 0 fully saturated rings. The van der Waals surface area contributed by atoms with Crippen molar-refractivity contribution in [1.29, 1.82) is 0 Å². The zero-order chi connectivity index (χ0) is 82.8. The number of unbranched alkanes of at least 4 members (excludes halogenated alkanes) is 36. The normalized spacial score (nSPS) is 10.4. The molecule has 0 bridgehead atoms. The third-order valence-corrected chi connectivity index (χ3v) is 18.9. The van der Waals surface area contributed by atoms with Crippen LogP contribution in [-0.4, -0.2) is 99.5 Å². The molecule has 0 unspecified atom stereocenters. The highest BCUT2D eigenvalue weighted by molar-refractivity contribution is 5.90. The van der Waals surface area contributed by atoms with Crippen molar-refractivity contribution in [2.24, 2.45) is 0 Å². The zero-order valence-corrected chi connectivity index (χ0v) is 70.0. The lowest BCUT2D eigenvalue weighted by Gasteiger charge is -2.06. The van der Waals surface area contributed by atoms with Crippen LogP contribution in [0.3, 0.4) is 0 Å². The van der Waals surface area contributed by atoms with E-state index in [-0.39, 0.29) is 0 Å². The van der Waals surface area contributed by atoms with Crippen LogP contribution >= 0.6 is 0 Å². The van der Waals surface area contributed by atoms with E-state index in [9.17, 15) is 28.8 Å². The average Bonchev–Trinajstić information content (AvgIpc) is 0.938. The third kappa shape index (κ3) is 58.6. The van der Waals surface area contributed by atoms with E-state index >= 15 is 0 Å². The second-order valence-electron chi connectivity index (χ2n) is 28.9. The molecule has 6 aromatic carbocycles. The average molecular weight is 1570 g/mol. The van der Waals surface area contributed by atoms with Gasteiger partial charge in [0.15, 0.2) is 0 Å². The first-order valence-corrected chi connectivity index (χ1v) is 43.1. The van der Waals surface area contributed by atoms with E-state index in [4.69, 9.17) is 54.3 Å². The van der Waals surface area contributed by atoms with Crippen LogP contribution in [0.25, 0.3) is 0 Å². The lowest BCUT2D eigenvalue weighted by molar-refractivity contribution is 0.0686. The Kier molecular flexibility index (Phi) is 65.2. The first-order valence-electron chi connectivity index (χ1n) is 43.1. The lowest BCUT2D eigenvalue weighted by atomic mass is 10.0. The SMILES string of the molecule is CCCCCCCCCCCCOc1ccc(C(=O)O)cc1.CCCCCCCCCCCOc1ccc(C(=O)O)cc1.CCCCCCCCCOc1ccc(C(=O)O)cc1.CCCCCCCCOc1ccc(C(=O)O)cc1.CCCCCCCOc1ccc(C(=O)O)cc1.CCCCCCCc1ccc(C(=O)O)cc1. The number of hydrogen-bond acceptors (Lipinski definition) is 11. The van der Waals surface area contributed by atoms with Gasteiger partial charge in [-0.3, -0.25) is 0 Å². The Morgan fingerprint density at radius 2 is 0.319 bits per heavy atom. The largest absolute Gasteiger partial charge is 0.494 e. The van der Waals surface area contributed by atoms with Crippen LogP contribution < -0.4 is 23.7 Å². The van der Waals surface area contributed by atoms with Crippen LogP contribution in [-0.2, 0) is 6.42 Å². The lowest BCUT2D eigenvalue weighted by Crippen LogP contribution is -1.99. The third-order valence-electron chi connectivity index (χ3n) is 18.9. The molecule has 6 aromatic rings. The summed E-state index contributed by atoms with van der Waals surface area (Å²) in [4.78, 5) is 64.1. The van der Waals surface area contributed by atoms with Gasteiger partial charge in [-0.15, -0.1) is 0 Å².